The Balaban J connectivity index is 2.55. The number of carbonyl (C=O) groups is 4. The van der Waals surface area contributed by atoms with Gasteiger partial charge >= 0.3 is 12.1 Å². The summed E-state index contributed by atoms with van der Waals surface area (Å²) in [4.78, 5) is 54.9. The van der Waals surface area contributed by atoms with E-state index in [9.17, 15) is 24.3 Å². The summed E-state index contributed by atoms with van der Waals surface area (Å²) in [5, 5.41) is 16.3. The smallest absolute Gasteiger partial charge is 0.408 e. The van der Waals surface area contributed by atoms with Crippen molar-refractivity contribution in [3.05, 3.63) is 77.9 Å². The quantitative estimate of drug-likeness (QED) is 0.252. The molecule has 0 aliphatic heterocycles. The Morgan fingerprint density at radius 1 is 0.930 bits per heavy atom. The minimum atomic E-state index is -1.39. The number of nitrogens with zero attached hydrogens (tertiary/aromatic N) is 1. The van der Waals surface area contributed by atoms with E-state index in [-0.39, 0.29) is 24.3 Å². The van der Waals surface area contributed by atoms with Gasteiger partial charge in [-0.2, -0.15) is 0 Å². The van der Waals surface area contributed by atoms with Crippen molar-refractivity contribution in [1.82, 2.24) is 15.5 Å². The Labute approximate surface area is 254 Å². The summed E-state index contributed by atoms with van der Waals surface area (Å²) in [6.07, 6.45) is 0.750. The third kappa shape index (κ3) is 10.8. The van der Waals surface area contributed by atoms with Crippen LogP contribution in [0.2, 0.25) is 0 Å². The molecule has 0 radical (unpaired) electrons. The number of benzene rings is 2. The van der Waals surface area contributed by atoms with Gasteiger partial charge in [-0.25, -0.2) is 9.59 Å². The van der Waals surface area contributed by atoms with E-state index in [1.54, 1.807) is 60.6 Å². The molecular weight excluding hydrogens is 550 g/mol. The molecule has 0 heterocycles. The molecule has 10 nitrogen and oxygen atoms in total. The SMILES string of the molecule is C=CCN(C(=O)C(C)NC(=O)OC(C)(C)C)C(C(=O)NC(Cc1ccccc1)C(=O)OC(C)(C)C)c1cccc(C)c1O. The molecule has 43 heavy (non-hydrogen) atoms. The number of rotatable bonds is 11. The molecule has 3 N–H and O–H groups in total. The van der Waals surface area contributed by atoms with Gasteiger partial charge in [-0.3, -0.25) is 9.59 Å². The number of aryl methyl sites for hydroxylation is 1. The largest absolute Gasteiger partial charge is 0.507 e. The predicted octanol–water partition coefficient (Wildman–Crippen LogP) is 4.74. The topological polar surface area (TPSA) is 134 Å². The molecule has 0 aliphatic carbocycles. The highest BCUT2D eigenvalue weighted by Crippen LogP contribution is 2.32. The summed E-state index contributed by atoms with van der Waals surface area (Å²) in [5.74, 6) is -2.20. The Bertz CT molecular complexity index is 1300. The standard InChI is InChI=1S/C33H45N3O7/c1-10-19-36(29(39)22(3)34-31(41)43-33(7,8)9)26(24-18-14-15-21(2)27(24)37)28(38)35-25(30(40)42-32(4,5)6)20-23-16-12-11-13-17-23/h10-18,22,25-26,37H,1,19-20H2,2-9H3,(H,34,41)(H,35,38). The van der Waals surface area contributed by atoms with Crippen LogP contribution >= 0.6 is 0 Å². The lowest BCUT2D eigenvalue weighted by Crippen LogP contribution is -2.54. The summed E-state index contributed by atoms with van der Waals surface area (Å²) in [6, 6.07) is 10.4. The van der Waals surface area contributed by atoms with Crippen LogP contribution in [0, 0.1) is 6.92 Å². The zero-order valence-electron chi connectivity index (χ0n) is 26.4. The number of alkyl carbamates (subject to hydrolysis) is 1. The van der Waals surface area contributed by atoms with Gasteiger partial charge < -0.3 is 30.1 Å². The van der Waals surface area contributed by atoms with E-state index >= 15 is 0 Å². The van der Waals surface area contributed by atoms with Gasteiger partial charge in [-0.05, 0) is 66.5 Å². The van der Waals surface area contributed by atoms with E-state index in [4.69, 9.17) is 9.47 Å². The van der Waals surface area contributed by atoms with Gasteiger partial charge in [0.15, 0.2) is 0 Å². The summed E-state index contributed by atoms with van der Waals surface area (Å²) < 4.78 is 10.9. The van der Waals surface area contributed by atoms with Crippen LogP contribution in [0.5, 0.6) is 5.75 Å². The third-order valence-corrected chi connectivity index (χ3v) is 6.13. The highest BCUT2D eigenvalue weighted by atomic mass is 16.6. The predicted molar refractivity (Wildman–Crippen MR) is 164 cm³/mol. The lowest BCUT2D eigenvalue weighted by molar-refractivity contribution is -0.159. The van der Waals surface area contributed by atoms with Crippen LogP contribution in [-0.4, -0.2) is 63.7 Å². The first-order chi connectivity index (χ1) is 19.9. The van der Waals surface area contributed by atoms with Crippen molar-refractivity contribution in [2.75, 3.05) is 6.54 Å². The molecule has 0 saturated carbocycles. The highest BCUT2D eigenvalue weighted by molar-refractivity contribution is 5.94. The second-order valence-corrected chi connectivity index (χ2v) is 12.3. The molecule has 0 spiro atoms. The minimum absolute atomic E-state index is 0.111. The molecule has 3 atom stereocenters. The number of hydrogen-bond acceptors (Lipinski definition) is 7. The van der Waals surface area contributed by atoms with E-state index in [0.717, 1.165) is 5.56 Å². The molecule has 0 bridgehead atoms. The molecule has 0 aromatic heterocycles. The van der Waals surface area contributed by atoms with Crippen LogP contribution < -0.4 is 10.6 Å². The van der Waals surface area contributed by atoms with Crippen LogP contribution in [0.3, 0.4) is 0 Å². The first kappa shape index (κ1) is 34.9. The first-order valence-electron chi connectivity index (χ1n) is 14.2. The van der Waals surface area contributed by atoms with Crippen molar-refractivity contribution >= 4 is 23.9 Å². The van der Waals surface area contributed by atoms with Crippen molar-refractivity contribution in [3.8, 4) is 5.75 Å². The Morgan fingerprint density at radius 3 is 2.09 bits per heavy atom. The molecule has 0 saturated heterocycles. The highest BCUT2D eigenvalue weighted by Gasteiger charge is 2.38. The Hall–Kier alpha value is -4.34. The monoisotopic (exact) mass is 595 g/mol. The zero-order chi connectivity index (χ0) is 32.5. The van der Waals surface area contributed by atoms with Crippen molar-refractivity contribution < 1.29 is 33.8 Å². The third-order valence-electron chi connectivity index (χ3n) is 6.13. The van der Waals surface area contributed by atoms with Crippen molar-refractivity contribution in [2.24, 2.45) is 0 Å². The number of para-hydroxylation sites is 1. The fourth-order valence-corrected chi connectivity index (χ4v) is 4.28. The molecule has 0 fully saturated rings. The van der Waals surface area contributed by atoms with Gasteiger partial charge in [0, 0.05) is 18.5 Å². The fourth-order valence-electron chi connectivity index (χ4n) is 4.28. The fraction of sp³-hybridized carbons (Fsp3) is 0.455. The first-order valence-corrected chi connectivity index (χ1v) is 14.2. The van der Waals surface area contributed by atoms with Crippen LogP contribution in [0.4, 0.5) is 4.79 Å². The summed E-state index contributed by atoms with van der Waals surface area (Å²) >= 11 is 0. The summed E-state index contributed by atoms with van der Waals surface area (Å²) in [6.45, 7) is 17.0. The maximum absolute atomic E-state index is 14.2. The number of esters is 1. The summed E-state index contributed by atoms with van der Waals surface area (Å²) in [7, 11) is 0. The second-order valence-electron chi connectivity index (χ2n) is 12.3. The number of ether oxygens (including phenoxy) is 2. The van der Waals surface area contributed by atoms with E-state index < -0.39 is 53.2 Å². The van der Waals surface area contributed by atoms with Crippen LogP contribution in [0.15, 0.2) is 61.2 Å². The number of phenolic OH excluding ortho intramolecular Hbond substituents is 1. The maximum Gasteiger partial charge on any atom is 0.408 e. The number of hydrogen-bond donors (Lipinski definition) is 3. The number of carbonyl (C=O) groups excluding carboxylic acids is 4. The lowest BCUT2D eigenvalue weighted by Gasteiger charge is -2.34. The molecule has 2 aromatic carbocycles. The van der Waals surface area contributed by atoms with Crippen LogP contribution in [-0.2, 0) is 30.3 Å². The maximum atomic E-state index is 14.2. The molecule has 3 unspecified atom stereocenters. The van der Waals surface area contributed by atoms with Gasteiger partial charge in [-0.15, -0.1) is 6.58 Å². The van der Waals surface area contributed by atoms with Gasteiger partial charge in [0.25, 0.3) is 0 Å². The minimum Gasteiger partial charge on any atom is -0.507 e. The van der Waals surface area contributed by atoms with E-state index in [1.807, 2.05) is 30.3 Å². The number of amides is 3. The number of aromatic hydroxyl groups is 1. The Morgan fingerprint density at radius 2 is 1.53 bits per heavy atom. The molecule has 3 amide bonds. The van der Waals surface area contributed by atoms with E-state index in [0.29, 0.717) is 5.56 Å². The van der Waals surface area contributed by atoms with E-state index in [1.165, 1.54) is 24.0 Å². The van der Waals surface area contributed by atoms with Gasteiger partial charge in [0.2, 0.25) is 11.8 Å². The van der Waals surface area contributed by atoms with Gasteiger partial charge in [0.1, 0.15) is 35.1 Å². The van der Waals surface area contributed by atoms with Crippen molar-refractivity contribution in [3.63, 3.8) is 0 Å². The van der Waals surface area contributed by atoms with E-state index in [2.05, 4.69) is 17.2 Å². The van der Waals surface area contributed by atoms with Gasteiger partial charge in [0.05, 0.1) is 0 Å². The number of nitrogens with one attached hydrogen (secondary N) is 2. The van der Waals surface area contributed by atoms with Gasteiger partial charge in [-0.1, -0.05) is 54.6 Å². The van der Waals surface area contributed by atoms with Crippen LogP contribution in [0.1, 0.15) is 71.2 Å². The summed E-state index contributed by atoms with van der Waals surface area (Å²) in [5.41, 5.74) is -0.214. The molecule has 2 aromatic rings. The van der Waals surface area contributed by atoms with Crippen LogP contribution in [0.25, 0.3) is 0 Å². The average molecular weight is 596 g/mol. The molecular formula is C33H45N3O7. The lowest BCUT2D eigenvalue weighted by atomic mass is 9.98. The van der Waals surface area contributed by atoms with Crippen molar-refractivity contribution in [1.29, 1.82) is 0 Å². The normalized spacial score (nSPS) is 13.6. The molecule has 10 heteroatoms. The Kier molecular flexibility index (Phi) is 11.9. The second kappa shape index (κ2) is 14.7. The average Bonchev–Trinajstić information content (AvgIpc) is 2.88. The molecule has 234 valence electrons. The molecule has 2 rings (SSSR count). The van der Waals surface area contributed by atoms with Crippen molar-refractivity contribution in [2.45, 2.75) is 91.1 Å². The zero-order valence-corrected chi connectivity index (χ0v) is 26.4. The number of phenols is 1. The molecule has 0 aliphatic rings.